The number of carboxylic acids is 1. The number of nitrogens with zero attached hydrogens (tertiary/aromatic N) is 1. The van der Waals surface area contributed by atoms with E-state index in [1.165, 1.54) is 0 Å². The minimum absolute atomic E-state index is 0.567. The fraction of sp³-hybridized carbons (Fsp3) is 0.750. The third-order valence-corrected chi connectivity index (χ3v) is 1.87. The van der Waals surface area contributed by atoms with Crippen molar-refractivity contribution in [2.45, 2.75) is 4.95 Å². The average Bonchev–Trinajstić information content (AvgIpc) is 1.64. The van der Waals surface area contributed by atoms with E-state index < -0.39 is 10.9 Å². The zero-order valence-electron chi connectivity index (χ0n) is 4.76. The van der Waals surface area contributed by atoms with Crippen molar-refractivity contribution < 1.29 is 9.90 Å². The zero-order chi connectivity index (χ0) is 6.73. The van der Waals surface area contributed by atoms with Gasteiger partial charge in [-0.15, -0.1) is 0 Å². The van der Waals surface area contributed by atoms with Gasteiger partial charge in [-0.2, -0.15) is 0 Å². The van der Waals surface area contributed by atoms with Crippen molar-refractivity contribution in [3.05, 3.63) is 0 Å². The van der Waals surface area contributed by atoms with Gasteiger partial charge in [0.2, 0.25) is 0 Å². The maximum atomic E-state index is 10.1. The number of carbonyl (C=O) groups is 1. The van der Waals surface area contributed by atoms with Gasteiger partial charge in [0.15, 0.2) is 4.95 Å². The highest BCUT2D eigenvalue weighted by Crippen LogP contribution is 2.00. The number of likely N-dealkylation sites (N-methyl/N-ethyl adjacent to an activating group) is 1. The number of rotatable bonds is 2. The lowest BCUT2D eigenvalue weighted by Gasteiger charge is -2.11. The molecule has 0 radical (unpaired) electrons. The Bertz CT molecular complexity index is 94.0. The van der Waals surface area contributed by atoms with Crippen molar-refractivity contribution in [3.8, 4) is 0 Å². The van der Waals surface area contributed by atoms with Crippen molar-refractivity contribution in [2.24, 2.45) is 0 Å². The van der Waals surface area contributed by atoms with Crippen LogP contribution in [0.1, 0.15) is 0 Å². The summed E-state index contributed by atoms with van der Waals surface area (Å²) in [5.41, 5.74) is 0. The predicted octanol–water partition coefficient (Wildman–Crippen LogP) is 0.354. The largest absolute Gasteiger partial charge is 0.479 e. The van der Waals surface area contributed by atoms with Crippen LogP contribution in [-0.2, 0) is 4.79 Å². The predicted molar refractivity (Wildman–Crippen MR) is 34.0 cm³/mol. The Morgan fingerprint density at radius 2 is 2.12 bits per heavy atom. The summed E-state index contributed by atoms with van der Waals surface area (Å²) in [6, 6.07) is 0. The molecule has 1 atom stereocenters. The number of carboxylic acid groups (broad SMARTS) is 1. The smallest absolute Gasteiger partial charge is 0.332 e. The molecule has 1 N–H and O–H groups in total. The second-order valence-electron chi connectivity index (χ2n) is 1.64. The maximum Gasteiger partial charge on any atom is 0.332 e. The van der Waals surface area contributed by atoms with Gasteiger partial charge in [-0.3, -0.25) is 4.90 Å². The molecule has 0 aromatic carbocycles. The second kappa shape index (κ2) is 3.04. The van der Waals surface area contributed by atoms with Gasteiger partial charge in [-0.05, 0) is 14.1 Å². The van der Waals surface area contributed by atoms with E-state index in [0.29, 0.717) is 0 Å². The molecule has 0 saturated carbocycles. The Morgan fingerprint density at radius 1 is 1.75 bits per heavy atom. The van der Waals surface area contributed by atoms with E-state index in [2.05, 4.69) is 15.9 Å². The van der Waals surface area contributed by atoms with Crippen LogP contribution in [0.15, 0.2) is 0 Å². The van der Waals surface area contributed by atoms with Crippen LogP contribution in [0.4, 0.5) is 0 Å². The van der Waals surface area contributed by atoms with Gasteiger partial charge in [-0.25, -0.2) is 4.79 Å². The Labute approximate surface area is 56.4 Å². The highest BCUT2D eigenvalue weighted by Gasteiger charge is 2.13. The molecule has 0 heterocycles. The van der Waals surface area contributed by atoms with Gasteiger partial charge in [0.05, 0.1) is 0 Å². The molecule has 0 spiro atoms. The summed E-state index contributed by atoms with van der Waals surface area (Å²) < 4.78 is 0. The van der Waals surface area contributed by atoms with Crippen molar-refractivity contribution in [3.63, 3.8) is 0 Å². The summed E-state index contributed by atoms with van der Waals surface area (Å²) in [7, 11) is 3.38. The fourth-order valence-corrected chi connectivity index (χ4v) is 0.221. The molecule has 0 aliphatic heterocycles. The van der Waals surface area contributed by atoms with Crippen LogP contribution in [0.5, 0.6) is 0 Å². The lowest BCUT2D eigenvalue weighted by molar-refractivity contribution is -0.138. The first-order chi connectivity index (χ1) is 3.55. The van der Waals surface area contributed by atoms with E-state index in [1.807, 2.05) is 0 Å². The van der Waals surface area contributed by atoms with Gasteiger partial charge in [0, 0.05) is 0 Å². The maximum absolute atomic E-state index is 10.1. The zero-order valence-corrected chi connectivity index (χ0v) is 6.34. The summed E-state index contributed by atoms with van der Waals surface area (Å²) in [6.07, 6.45) is 0. The van der Waals surface area contributed by atoms with E-state index in [4.69, 9.17) is 5.11 Å². The molecule has 0 aromatic heterocycles. The molecule has 1 unspecified atom stereocenters. The van der Waals surface area contributed by atoms with Crippen molar-refractivity contribution in [1.29, 1.82) is 0 Å². The number of aliphatic carboxylic acids is 1. The Morgan fingerprint density at radius 3 is 2.12 bits per heavy atom. The molecule has 0 bridgehead atoms. The SMILES string of the molecule is CN(C)C(Br)C(=O)O. The lowest BCUT2D eigenvalue weighted by atomic mass is 10.6. The number of halogens is 1. The summed E-state index contributed by atoms with van der Waals surface area (Å²) in [5.74, 6) is -0.866. The Hall–Kier alpha value is -0.0900. The molecule has 0 aliphatic carbocycles. The van der Waals surface area contributed by atoms with E-state index >= 15 is 0 Å². The van der Waals surface area contributed by atoms with Crippen LogP contribution in [0.3, 0.4) is 0 Å². The molecule has 3 nitrogen and oxygen atoms in total. The van der Waals surface area contributed by atoms with Gasteiger partial charge < -0.3 is 5.11 Å². The minimum Gasteiger partial charge on any atom is -0.479 e. The number of hydrogen-bond donors (Lipinski definition) is 1. The first-order valence-electron chi connectivity index (χ1n) is 2.09. The summed E-state index contributed by atoms with van der Waals surface area (Å²) in [4.78, 5) is 11.0. The normalized spacial score (nSPS) is 14.0. The minimum atomic E-state index is -0.866. The quantitative estimate of drug-likeness (QED) is 0.494. The Balaban J connectivity index is 3.64. The van der Waals surface area contributed by atoms with Crippen LogP contribution < -0.4 is 0 Å². The van der Waals surface area contributed by atoms with Crippen LogP contribution in [0, 0.1) is 0 Å². The Kier molecular flexibility index (Phi) is 3.01. The molecule has 0 aromatic rings. The standard InChI is InChI=1S/C4H8BrNO2/c1-6(2)3(5)4(7)8/h3H,1-2H3,(H,7,8). The molecular weight excluding hydrogens is 174 g/mol. The van der Waals surface area contributed by atoms with E-state index in [9.17, 15) is 4.79 Å². The third-order valence-electron chi connectivity index (χ3n) is 0.657. The van der Waals surface area contributed by atoms with E-state index in [1.54, 1.807) is 19.0 Å². The van der Waals surface area contributed by atoms with Crippen molar-refractivity contribution >= 4 is 21.9 Å². The van der Waals surface area contributed by atoms with Crippen LogP contribution in [0.25, 0.3) is 0 Å². The first kappa shape index (κ1) is 7.91. The molecule has 8 heavy (non-hydrogen) atoms. The number of hydrogen-bond acceptors (Lipinski definition) is 2. The second-order valence-corrected chi connectivity index (χ2v) is 2.50. The monoisotopic (exact) mass is 181 g/mol. The fourth-order valence-electron chi connectivity index (χ4n) is 0.221. The lowest BCUT2D eigenvalue weighted by Crippen LogP contribution is -2.29. The first-order valence-corrected chi connectivity index (χ1v) is 3.00. The van der Waals surface area contributed by atoms with Crippen molar-refractivity contribution in [2.75, 3.05) is 14.1 Å². The molecule has 0 amide bonds. The molecule has 0 fully saturated rings. The summed E-state index contributed by atoms with van der Waals surface area (Å²) in [6.45, 7) is 0. The average molecular weight is 182 g/mol. The van der Waals surface area contributed by atoms with Gasteiger partial charge in [0.25, 0.3) is 0 Å². The molecule has 48 valence electrons. The third kappa shape index (κ3) is 2.28. The number of alkyl halides is 1. The van der Waals surface area contributed by atoms with Gasteiger partial charge in [-0.1, -0.05) is 15.9 Å². The highest BCUT2D eigenvalue weighted by atomic mass is 79.9. The van der Waals surface area contributed by atoms with Gasteiger partial charge in [0.1, 0.15) is 0 Å². The summed E-state index contributed by atoms with van der Waals surface area (Å²) >= 11 is 2.93. The summed E-state index contributed by atoms with van der Waals surface area (Å²) in [5, 5.41) is 8.26. The molecular formula is C4H8BrNO2. The highest BCUT2D eigenvalue weighted by molar-refractivity contribution is 9.09. The molecule has 0 rings (SSSR count). The van der Waals surface area contributed by atoms with Crippen LogP contribution in [-0.4, -0.2) is 35.0 Å². The van der Waals surface area contributed by atoms with Crippen LogP contribution >= 0.6 is 15.9 Å². The topological polar surface area (TPSA) is 40.5 Å². The molecule has 0 aliphatic rings. The van der Waals surface area contributed by atoms with E-state index in [0.717, 1.165) is 0 Å². The van der Waals surface area contributed by atoms with E-state index in [-0.39, 0.29) is 0 Å². The molecule has 4 heteroatoms. The van der Waals surface area contributed by atoms with Gasteiger partial charge >= 0.3 is 5.97 Å². The molecule has 0 saturated heterocycles. The van der Waals surface area contributed by atoms with Crippen molar-refractivity contribution in [1.82, 2.24) is 4.90 Å². The van der Waals surface area contributed by atoms with Crippen LogP contribution in [0.2, 0.25) is 0 Å².